The number of hydrogen-bond acceptors (Lipinski definition) is 5. The fourth-order valence-electron chi connectivity index (χ4n) is 1.35. The van der Waals surface area contributed by atoms with Gasteiger partial charge in [-0.3, -0.25) is 4.79 Å². The summed E-state index contributed by atoms with van der Waals surface area (Å²) in [7, 11) is -3.27. The Labute approximate surface area is 121 Å². The molecule has 1 aromatic rings. The van der Waals surface area contributed by atoms with Crippen LogP contribution < -0.4 is 5.32 Å². The first kappa shape index (κ1) is 16.4. The van der Waals surface area contributed by atoms with E-state index in [-0.39, 0.29) is 12.2 Å². The van der Waals surface area contributed by atoms with Gasteiger partial charge in [0.25, 0.3) is 0 Å². The predicted molar refractivity (Wildman–Crippen MR) is 77.2 cm³/mol. The highest BCUT2D eigenvalue weighted by molar-refractivity contribution is 7.90. The molecule has 1 atom stereocenters. The van der Waals surface area contributed by atoms with Crippen LogP contribution in [0.1, 0.15) is 11.3 Å². The number of thiophene rings is 1. The number of nitrogens with one attached hydrogen (secondary N) is 1. The zero-order valence-corrected chi connectivity index (χ0v) is 12.4. The van der Waals surface area contributed by atoms with E-state index in [1.54, 1.807) is 6.08 Å². The van der Waals surface area contributed by atoms with Gasteiger partial charge in [-0.15, -0.1) is 11.3 Å². The zero-order valence-electron chi connectivity index (χ0n) is 10.8. The topological polar surface area (TPSA) is 101 Å². The molecular weight excluding hydrogens is 302 g/mol. The number of hydrogen-bond donors (Lipinski definition) is 2. The SMILES string of the molecule is CS(=O)(=O)CCC(NC(=O)/C=C/c1cccs1)C(=O)O. The number of sulfone groups is 1. The van der Waals surface area contributed by atoms with Crippen molar-refractivity contribution in [2.75, 3.05) is 12.0 Å². The zero-order chi connectivity index (χ0) is 15.2. The van der Waals surface area contributed by atoms with E-state index in [0.717, 1.165) is 11.1 Å². The van der Waals surface area contributed by atoms with Gasteiger partial charge < -0.3 is 10.4 Å². The molecule has 0 aliphatic carbocycles. The fraction of sp³-hybridized carbons (Fsp3) is 0.333. The van der Waals surface area contributed by atoms with Gasteiger partial charge in [-0.25, -0.2) is 13.2 Å². The van der Waals surface area contributed by atoms with Crippen molar-refractivity contribution < 1.29 is 23.1 Å². The second kappa shape index (κ2) is 7.20. The van der Waals surface area contributed by atoms with Crippen LogP contribution in [0.3, 0.4) is 0 Å². The molecule has 8 heteroatoms. The van der Waals surface area contributed by atoms with Crippen molar-refractivity contribution in [2.24, 2.45) is 0 Å². The normalized spacial score (nSPS) is 13.2. The number of amides is 1. The van der Waals surface area contributed by atoms with E-state index in [1.165, 1.54) is 17.4 Å². The predicted octanol–water partition coefficient (Wildman–Crippen LogP) is 0.765. The van der Waals surface area contributed by atoms with Gasteiger partial charge in [-0.2, -0.15) is 0 Å². The summed E-state index contributed by atoms with van der Waals surface area (Å²) in [5, 5.41) is 13.1. The lowest BCUT2D eigenvalue weighted by atomic mass is 10.2. The molecule has 0 bridgehead atoms. The fourth-order valence-corrected chi connectivity index (χ4v) is 2.63. The Morgan fingerprint density at radius 2 is 2.20 bits per heavy atom. The van der Waals surface area contributed by atoms with E-state index in [9.17, 15) is 18.0 Å². The summed E-state index contributed by atoms with van der Waals surface area (Å²) in [6, 6.07) is 2.42. The molecule has 0 aliphatic heterocycles. The van der Waals surface area contributed by atoms with Crippen LogP contribution in [-0.4, -0.2) is 43.5 Å². The summed E-state index contributed by atoms with van der Waals surface area (Å²) in [5.74, 6) is -2.12. The van der Waals surface area contributed by atoms with Crippen LogP contribution in [0.4, 0.5) is 0 Å². The van der Waals surface area contributed by atoms with E-state index in [2.05, 4.69) is 5.32 Å². The molecule has 110 valence electrons. The van der Waals surface area contributed by atoms with Crippen molar-refractivity contribution in [3.8, 4) is 0 Å². The molecule has 1 rings (SSSR count). The van der Waals surface area contributed by atoms with E-state index in [1.807, 2.05) is 17.5 Å². The van der Waals surface area contributed by atoms with Gasteiger partial charge in [0.15, 0.2) is 0 Å². The van der Waals surface area contributed by atoms with Gasteiger partial charge in [0, 0.05) is 17.2 Å². The second-order valence-corrected chi connectivity index (χ2v) is 7.41. The molecule has 0 fully saturated rings. The molecule has 0 aromatic carbocycles. The Balaban J connectivity index is 2.57. The minimum atomic E-state index is -3.27. The lowest BCUT2D eigenvalue weighted by Crippen LogP contribution is -2.41. The molecule has 0 saturated carbocycles. The Hall–Kier alpha value is -1.67. The first-order valence-electron chi connectivity index (χ1n) is 5.70. The van der Waals surface area contributed by atoms with Crippen molar-refractivity contribution >= 4 is 39.1 Å². The monoisotopic (exact) mass is 317 g/mol. The average molecular weight is 317 g/mol. The molecule has 0 aliphatic rings. The van der Waals surface area contributed by atoms with Gasteiger partial charge in [-0.1, -0.05) is 6.07 Å². The molecule has 0 radical (unpaired) electrons. The summed E-state index contributed by atoms with van der Waals surface area (Å²) in [6.07, 6.45) is 3.65. The smallest absolute Gasteiger partial charge is 0.326 e. The molecule has 1 heterocycles. The lowest BCUT2D eigenvalue weighted by molar-refractivity contribution is -0.141. The van der Waals surface area contributed by atoms with E-state index in [0.29, 0.717) is 0 Å². The number of carbonyl (C=O) groups is 2. The number of aliphatic carboxylic acids is 1. The van der Waals surface area contributed by atoms with Crippen LogP contribution in [0.15, 0.2) is 23.6 Å². The first-order chi connectivity index (χ1) is 9.28. The van der Waals surface area contributed by atoms with Crippen molar-refractivity contribution in [1.29, 1.82) is 0 Å². The van der Waals surface area contributed by atoms with Gasteiger partial charge in [-0.05, 0) is 23.9 Å². The molecule has 1 amide bonds. The molecule has 6 nitrogen and oxygen atoms in total. The maximum Gasteiger partial charge on any atom is 0.326 e. The highest BCUT2D eigenvalue weighted by atomic mass is 32.2. The summed E-state index contributed by atoms with van der Waals surface area (Å²) in [4.78, 5) is 23.4. The third-order valence-electron chi connectivity index (χ3n) is 2.33. The summed E-state index contributed by atoms with van der Waals surface area (Å²) in [5.41, 5.74) is 0. The Morgan fingerprint density at radius 1 is 1.50 bits per heavy atom. The number of carbonyl (C=O) groups excluding carboxylic acids is 1. The molecule has 0 saturated heterocycles. The van der Waals surface area contributed by atoms with E-state index in [4.69, 9.17) is 5.11 Å². The summed E-state index contributed by atoms with van der Waals surface area (Å²) in [6.45, 7) is 0. The standard InChI is InChI=1S/C12H15NO5S2/c1-20(17,18)8-6-10(12(15)16)13-11(14)5-4-9-3-2-7-19-9/h2-5,7,10H,6,8H2,1H3,(H,13,14)(H,15,16)/b5-4+. The largest absolute Gasteiger partial charge is 0.480 e. The van der Waals surface area contributed by atoms with Crippen molar-refractivity contribution in [1.82, 2.24) is 5.32 Å². The van der Waals surface area contributed by atoms with Crippen LogP contribution >= 0.6 is 11.3 Å². The third-order valence-corrected chi connectivity index (χ3v) is 4.15. The maximum absolute atomic E-state index is 11.6. The molecule has 20 heavy (non-hydrogen) atoms. The summed E-state index contributed by atoms with van der Waals surface area (Å²) < 4.78 is 22.0. The lowest BCUT2D eigenvalue weighted by Gasteiger charge is -2.12. The first-order valence-corrected chi connectivity index (χ1v) is 8.64. The Bertz CT molecular complexity index is 589. The molecule has 1 unspecified atom stereocenters. The molecular formula is C12H15NO5S2. The van der Waals surface area contributed by atoms with Crippen molar-refractivity contribution in [3.63, 3.8) is 0 Å². The van der Waals surface area contributed by atoms with Crippen LogP contribution in [0, 0.1) is 0 Å². The van der Waals surface area contributed by atoms with Crippen molar-refractivity contribution in [3.05, 3.63) is 28.5 Å². The Morgan fingerprint density at radius 3 is 2.70 bits per heavy atom. The Kier molecular flexibility index (Phi) is 5.90. The highest BCUT2D eigenvalue weighted by Gasteiger charge is 2.20. The molecule has 1 aromatic heterocycles. The van der Waals surface area contributed by atoms with Gasteiger partial charge in [0.05, 0.1) is 5.75 Å². The van der Waals surface area contributed by atoms with Gasteiger partial charge in [0.1, 0.15) is 15.9 Å². The number of carboxylic acid groups (broad SMARTS) is 1. The average Bonchev–Trinajstić information content (AvgIpc) is 2.83. The van der Waals surface area contributed by atoms with Crippen molar-refractivity contribution in [2.45, 2.75) is 12.5 Å². The highest BCUT2D eigenvalue weighted by Crippen LogP contribution is 2.09. The second-order valence-electron chi connectivity index (χ2n) is 4.17. The van der Waals surface area contributed by atoms with Crippen LogP contribution in [0.5, 0.6) is 0 Å². The number of carboxylic acids is 1. The minimum Gasteiger partial charge on any atom is -0.480 e. The quantitative estimate of drug-likeness (QED) is 0.723. The third kappa shape index (κ3) is 6.48. The van der Waals surface area contributed by atoms with E-state index >= 15 is 0 Å². The summed E-state index contributed by atoms with van der Waals surface area (Å²) >= 11 is 1.44. The van der Waals surface area contributed by atoms with Crippen LogP contribution in [-0.2, 0) is 19.4 Å². The molecule has 0 spiro atoms. The van der Waals surface area contributed by atoms with E-state index < -0.39 is 27.8 Å². The van der Waals surface area contributed by atoms with Gasteiger partial charge in [0.2, 0.25) is 5.91 Å². The maximum atomic E-state index is 11.6. The molecule has 2 N–H and O–H groups in total. The van der Waals surface area contributed by atoms with Crippen LogP contribution in [0.25, 0.3) is 6.08 Å². The minimum absolute atomic E-state index is 0.160. The number of rotatable bonds is 7. The van der Waals surface area contributed by atoms with Gasteiger partial charge >= 0.3 is 5.97 Å². The van der Waals surface area contributed by atoms with Crippen LogP contribution in [0.2, 0.25) is 0 Å².